The predicted molar refractivity (Wildman–Crippen MR) is 142 cm³/mol. The molecule has 3 rings (SSSR count). The first-order valence-corrected chi connectivity index (χ1v) is 13.6. The van der Waals surface area contributed by atoms with E-state index in [0.29, 0.717) is 41.0 Å². The average molecular weight is 526 g/mol. The number of carbonyl (C=O) groups excluding carboxylic acids is 2. The lowest BCUT2D eigenvalue weighted by Crippen LogP contribution is -2.34. The van der Waals surface area contributed by atoms with Crippen LogP contribution in [0.3, 0.4) is 0 Å². The molecule has 0 radical (unpaired) electrons. The molecule has 9 nitrogen and oxygen atoms in total. The van der Waals surface area contributed by atoms with Gasteiger partial charge in [0.05, 0.1) is 12.0 Å². The molecule has 0 aliphatic carbocycles. The molecular formula is C27H31N3O6S. The first-order valence-electron chi connectivity index (χ1n) is 11.7. The lowest BCUT2D eigenvalue weighted by molar-refractivity contribution is -0.123. The Morgan fingerprint density at radius 1 is 1.00 bits per heavy atom. The Morgan fingerprint density at radius 2 is 1.70 bits per heavy atom. The summed E-state index contributed by atoms with van der Waals surface area (Å²) in [4.78, 5) is 24.7. The molecule has 0 bridgehead atoms. The van der Waals surface area contributed by atoms with Crippen LogP contribution in [0.25, 0.3) is 11.1 Å². The van der Waals surface area contributed by atoms with Crippen molar-refractivity contribution >= 4 is 27.5 Å². The number of alkyl carbamates (subject to hydrolysis) is 1. The van der Waals surface area contributed by atoms with Crippen LogP contribution < -0.4 is 21.1 Å². The Kier molecular flexibility index (Phi) is 9.26. The minimum Gasteiger partial charge on any atom is -0.481 e. The molecule has 0 aliphatic rings. The molecule has 0 saturated heterocycles. The fourth-order valence-electron chi connectivity index (χ4n) is 3.70. The Balaban J connectivity index is 1.73. The standard InChI is InChI=1S/C27H31N3O6S/c1-4-8-23(36-21-10-7-9-19(17-21)25(28)30-27(32)35-2)26(31)29-20-15-13-18(14-16-20)22-11-5-6-12-24(22)37(3,33)34/h5-7,9-17,23,25H,4,8,28H2,1-3H3,(H,29,31)(H,30,32). The van der Waals surface area contributed by atoms with Gasteiger partial charge in [-0.2, -0.15) is 0 Å². The van der Waals surface area contributed by atoms with Gasteiger partial charge in [-0.3, -0.25) is 4.79 Å². The van der Waals surface area contributed by atoms with Crippen molar-refractivity contribution in [1.29, 1.82) is 0 Å². The molecule has 3 aromatic rings. The molecule has 0 spiro atoms. The zero-order chi connectivity index (χ0) is 27.0. The second kappa shape index (κ2) is 12.4. The maximum Gasteiger partial charge on any atom is 0.408 e. The molecule has 37 heavy (non-hydrogen) atoms. The second-order valence-corrected chi connectivity index (χ2v) is 10.4. The van der Waals surface area contributed by atoms with E-state index >= 15 is 0 Å². The quantitative estimate of drug-likeness (QED) is 0.336. The van der Waals surface area contributed by atoms with Gasteiger partial charge in [0.15, 0.2) is 15.9 Å². The highest BCUT2D eigenvalue weighted by atomic mass is 32.2. The normalized spacial score (nSPS) is 12.8. The van der Waals surface area contributed by atoms with Crippen LogP contribution in [-0.4, -0.2) is 39.9 Å². The van der Waals surface area contributed by atoms with Gasteiger partial charge in [-0.25, -0.2) is 13.2 Å². The van der Waals surface area contributed by atoms with Gasteiger partial charge in [-0.15, -0.1) is 0 Å². The lowest BCUT2D eigenvalue weighted by Gasteiger charge is -2.20. The van der Waals surface area contributed by atoms with Crippen molar-refractivity contribution < 1.29 is 27.5 Å². The van der Waals surface area contributed by atoms with Gasteiger partial charge in [0.2, 0.25) is 0 Å². The van der Waals surface area contributed by atoms with Crippen LogP contribution in [0.5, 0.6) is 5.75 Å². The highest BCUT2D eigenvalue weighted by Crippen LogP contribution is 2.28. The first-order chi connectivity index (χ1) is 17.6. The van der Waals surface area contributed by atoms with E-state index in [9.17, 15) is 18.0 Å². The van der Waals surface area contributed by atoms with E-state index in [1.54, 1.807) is 72.8 Å². The van der Waals surface area contributed by atoms with Crippen LogP contribution in [0.1, 0.15) is 31.5 Å². The molecule has 4 N–H and O–H groups in total. The van der Waals surface area contributed by atoms with Crippen LogP contribution in [0.15, 0.2) is 77.7 Å². The number of hydrogen-bond donors (Lipinski definition) is 3. The van der Waals surface area contributed by atoms with E-state index < -0.39 is 28.2 Å². The number of methoxy groups -OCH3 is 1. The van der Waals surface area contributed by atoms with Gasteiger partial charge in [0.25, 0.3) is 5.91 Å². The van der Waals surface area contributed by atoms with Crippen LogP contribution in [0, 0.1) is 0 Å². The molecule has 0 heterocycles. The minimum absolute atomic E-state index is 0.243. The fraction of sp³-hybridized carbons (Fsp3) is 0.259. The fourth-order valence-corrected chi connectivity index (χ4v) is 4.62. The zero-order valence-corrected chi connectivity index (χ0v) is 21.7. The van der Waals surface area contributed by atoms with Crippen molar-refractivity contribution in [3.63, 3.8) is 0 Å². The molecule has 10 heteroatoms. The topological polar surface area (TPSA) is 137 Å². The number of carbonyl (C=O) groups is 2. The van der Waals surface area contributed by atoms with Gasteiger partial charge in [0, 0.05) is 17.5 Å². The summed E-state index contributed by atoms with van der Waals surface area (Å²) in [6.07, 6.45) is 0.127. The summed E-state index contributed by atoms with van der Waals surface area (Å²) in [5.41, 5.74) is 8.44. The molecule has 3 aromatic carbocycles. The molecule has 2 unspecified atom stereocenters. The number of nitrogens with one attached hydrogen (secondary N) is 2. The maximum absolute atomic E-state index is 13.0. The largest absolute Gasteiger partial charge is 0.481 e. The van der Waals surface area contributed by atoms with E-state index in [0.717, 1.165) is 0 Å². The van der Waals surface area contributed by atoms with Crippen LogP contribution in [0.2, 0.25) is 0 Å². The van der Waals surface area contributed by atoms with E-state index in [1.807, 2.05) is 6.92 Å². The van der Waals surface area contributed by atoms with Gasteiger partial charge in [-0.05, 0) is 47.9 Å². The van der Waals surface area contributed by atoms with Crippen molar-refractivity contribution in [2.24, 2.45) is 5.73 Å². The number of hydrogen-bond acceptors (Lipinski definition) is 7. The van der Waals surface area contributed by atoms with Crippen molar-refractivity contribution in [2.45, 2.75) is 36.9 Å². The Hall–Kier alpha value is -3.89. The molecular weight excluding hydrogens is 494 g/mol. The minimum atomic E-state index is -3.40. The van der Waals surface area contributed by atoms with Gasteiger partial charge >= 0.3 is 6.09 Å². The second-order valence-electron chi connectivity index (χ2n) is 8.42. The highest BCUT2D eigenvalue weighted by molar-refractivity contribution is 7.90. The number of ether oxygens (including phenoxy) is 2. The molecule has 0 fully saturated rings. The first kappa shape index (κ1) is 27.7. The van der Waals surface area contributed by atoms with Crippen LogP contribution in [0.4, 0.5) is 10.5 Å². The zero-order valence-electron chi connectivity index (χ0n) is 20.9. The van der Waals surface area contributed by atoms with Crippen LogP contribution >= 0.6 is 0 Å². The number of amides is 2. The van der Waals surface area contributed by atoms with Crippen molar-refractivity contribution in [2.75, 3.05) is 18.7 Å². The number of nitrogens with two attached hydrogens (primary N) is 1. The summed E-state index contributed by atoms with van der Waals surface area (Å²) >= 11 is 0. The van der Waals surface area contributed by atoms with Crippen LogP contribution in [-0.2, 0) is 19.4 Å². The SMILES string of the molecule is CCCC(Oc1cccc(C(N)NC(=O)OC)c1)C(=O)Nc1ccc(-c2ccccc2S(C)(=O)=O)cc1. The number of sulfone groups is 1. The Bertz CT molecular complexity index is 1340. The van der Waals surface area contributed by atoms with Gasteiger partial charge < -0.3 is 25.8 Å². The van der Waals surface area contributed by atoms with E-state index in [4.69, 9.17) is 10.5 Å². The monoisotopic (exact) mass is 525 g/mol. The predicted octanol–water partition coefficient (Wildman–Crippen LogP) is 4.26. The third-order valence-electron chi connectivity index (χ3n) is 5.55. The van der Waals surface area contributed by atoms with Gasteiger partial charge in [0.1, 0.15) is 11.9 Å². The summed E-state index contributed by atoms with van der Waals surface area (Å²) < 4.78 is 34.8. The van der Waals surface area contributed by atoms with Crippen molar-refractivity contribution in [1.82, 2.24) is 5.32 Å². The third kappa shape index (κ3) is 7.55. The average Bonchev–Trinajstić information content (AvgIpc) is 2.88. The Labute approximate surface area is 216 Å². The summed E-state index contributed by atoms with van der Waals surface area (Å²) in [6, 6.07) is 20.5. The lowest BCUT2D eigenvalue weighted by atomic mass is 10.1. The molecule has 0 aromatic heterocycles. The smallest absolute Gasteiger partial charge is 0.408 e. The van der Waals surface area contributed by atoms with E-state index in [-0.39, 0.29) is 10.8 Å². The molecule has 196 valence electrons. The summed E-state index contributed by atoms with van der Waals surface area (Å²) in [5.74, 6) is 0.106. The third-order valence-corrected chi connectivity index (χ3v) is 6.70. The van der Waals surface area contributed by atoms with E-state index in [2.05, 4.69) is 15.4 Å². The van der Waals surface area contributed by atoms with Gasteiger partial charge in [-0.1, -0.05) is 55.8 Å². The van der Waals surface area contributed by atoms with Crippen molar-refractivity contribution in [3.05, 3.63) is 78.4 Å². The number of anilines is 1. The molecule has 0 saturated carbocycles. The number of benzene rings is 3. The van der Waals surface area contributed by atoms with Crippen molar-refractivity contribution in [3.8, 4) is 16.9 Å². The summed E-state index contributed by atoms with van der Waals surface area (Å²) in [5, 5.41) is 5.34. The molecule has 0 aliphatic heterocycles. The molecule has 2 amide bonds. The molecule has 2 atom stereocenters. The summed E-state index contributed by atoms with van der Waals surface area (Å²) in [7, 11) is -2.15. The number of rotatable bonds is 10. The van der Waals surface area contributed by atoms with E-state index in [1.165, 1.54) is 13.4 Å². The highest BCUT2D eigenvalue weighted by Gasteiger charge is 2.21. The summed E-state index contributed by atoms with van der Waals surface area (Å²) in [6.45, 7) is 1.95. The maximum atomic E-state index is 13.0. The Morgan fingerprint density at radius 3 is 2.35 bits per heavy atom.